The standard InChI is InChI=1S/C29H24N2O3/c30-15-19-9-11-20(12-10-19)21-13-22-16-33-17-23(14-21)31(22)29(32)34-18-28-26-7-3-1-5-24(26)25-6-2-4-8-27(25)28/h1-13,22-23,28H,14,16-18H2. The highest BCUT2D eigenvalue weighted by atomic mass is 16.6. The maximum absolute atomic E-state index is 13.3. The second kappa shape index (κ2) is 8.48. The van der Waals surface area contributed by atoms with Gasteiger partial charge in [0.05, 0.1) is 36.9 Å². The zero-order valence-corrected chi connectivity index (χ0v) is 18.7. The Labute approximate surface area is 198 Å². The van der Waals surface area contributed by atoms with E-state index in [1.807, 2.05) is 41.3 Å². The average molecular weight is 449 g/mol. The van der Waals surface area contributed by atoms with Crippen molar-refractivity contribution in [3.05, 3.63) is 101 Å². The minimum Gasteiger partial charge on any atom is -0.448 e. The lowest BCUT2D eigenvalue weighted by Crippen LogP contribution is -2.56. The van der Waals surface area contributed by atoms with E-state index in [2.05, 4.69) is 48.5 Å². The van der Waals surface area contributed by atoms with Crippen LogP contribution in [0.4, 0.5) is 4.79 Å². The van der Waals surface area contributed by atoms with E-state index in [0.717, 1.165) is 5.56 Å². The van der Waals surface area contributed by atoms with E-state index in [4.69, 9.17) is 14.7 Å². The van der Waals surface area contributed by atoms with E-state index in [1.165, 1.54) is 27.8 Å². The van der Waals surface area contributed by atoms with E-state index in [1.54, 1.807) is 0 Å². The fourth-order valence-corrected chi connectivity index (χ4v) is 5.52. The number of rotatable bonds is 3. The first-order valence-corrected chi connectivity index (χ1v) is 11.6. The summed E-state index contributed by atoms with van der Waals surface area (Å²) in [6.45, 7) is 1.27. The number of nitrogens with zero attached hydrogens (tertiary/aromatic N) is 2. The molecule has 1 saturated heterocycles. The first-order chi connectivity index (χ1) is 16.7. The summed E-state index contributed by atoms with van der Waals surface area (Å²) in [7, 11) is 0. The van der Waals surface area contributed by atoms with Crippen molar-refractivity contribution in [2.75, 3.05) is 19.8 Å². The molecule has 2 unspecified atom stereocenters. The van der Waals surface area contributed by atoms with Gasteiger partial charge in [-0.15, -0.1) is 0 Å². The van der Waals surface area contributed by atoms with Crippen LogP contribution in [0.15, 0.2) is 78.9 Å². The van der Waals surface area contributed by atoms with Gasteiger partial charge >= 0.3 is 6.09 Å². The van der Waals surface area contributed by atoms with Gasteiger partial charge in [0, 0.05) is 5.92 Å². The fourth-order valence-electron chi connectivity index (χ4n) is 5.52. The summed E-state index contributed by atoms with van der Waals surface area (Å²) in [5, 5.41) is 9.06. The number of amides is 1. The van der Waals surface area contributed by atoms with Gasteiger partial charge in [-0.1, -0.05) is 66.7 Å². The predicted octanol–water partition coefficient (Wildman–Crippen LogP) is 5.36. The molecule has 1 fully saturated rings. The average Bonchev–Trinajstić information content (AvgIpc) is 3.20. The van der Waals surface area contributed by atoms with Crippen LogP contribution in [0.3, 0.4) is 0 Å². The molecule has 5 nitrogen and oxygen atoms in total. The van der Waals surface area contributed by atoms with Crippen molar-refractivity contribution in [1.82, 2.24) is 4.90 Å². The lowest BCUT2D eigenvalue weighted by molar-refractivity contribution is -0.0331. The van der Waals surface area contributed by atoms with Gasteiger partial charge in [-0.05, 0) is 51.9 Å². The molecule has 2 heterocycles. The summed E-state index contributed by atoms with van der Waals surface area (Å²) in [6.07, 6.45) is 2.53. The van der Waals surface area contributed by atoms with Crippen LogP contribution < -0.4 is 0 Å². The molecule has 3 aliphatic rings. The van der Waals surface area contributed by atoms with Crippen LogP contribution in [0.25, 0.3) is 16.7 Å². The number of hydrogen-bond acceptors (Lipinski definition) is 4. The Kier molecular flexibility index (Phi) is 5.16. The third kappa shape index (κ3) is 3.48. The largest absolute Gasteiger partial charge is 0.448 e. The zero-order valence-electron chi connectivity index (χ0n) is 18.7. The summed E-state index contributed by atoms with van der Waals surface area (Å²) in [4.78, 5) is 15.2. The molecule has 34 heavy (non-hydrogen) atoms. The van der Waals surface area contributed by atoms with Crippen LogP contribution in [0, 0.1) is 11.3 Å². The Morgan fingerprint density at radius 1 is 0.971 bits per heavy atom. The molecule has 0 saturated carbocycles. The lowest BCUT2D eigenvalue weighted by Gasteiger charge is -2.44. The van der Waals surface area contributed by atoms with Crippen LogP contribution in [0.2, 0.25) is 0 Å². The molecule has 3 aromatic carbocycles. The van der Waals surface area contributed by atoms with Crippen LogP contribution >= 0.6 is 0 Å². The molecule has 6 rings (SSSR count). The van der Waals surface area contributed by atoms with Gasteiger partial charge in [-0.2, -0.15) is 5.26 Å². The van der Waals surface area contributed by atoms with Crippen molar-refractivity contribution in [3.63, 3.8) is 0 Å². The van der Waals surface area contributed by atoms with E-state index in [9.17, 15) is 4.79 Å². The molecule has 2 atom stereocenters. The number of carbonyl (C=O) groups excluding carboxylic acids is 1. The van der Waals surface area contributed by atoms with Gasteiger partial charge < -0.3 is 9.47 Å². The summed E-state index contributed by atoms with van der Waals surface area (Å²) >= 11 is 0. The third-order valence-corrected chi connectivity index (χ3v) is 7.13. The Balaban J connectivity index is 1.21. The summed E-state index contributed by atoms with van der Waals surface area (Å²) < 4.78 is 11.7. The molecular weight excluding hydrogens is 424 g/mol. The number of fused-ring (bicyclic) bond motifs is 5. The van der Waals surface area contributed by atoms with Gasteiger partial charge in [0.2, 0.25) is 0 Å². The number of ether oxygens (including phenoxy) is 2. The maximum atomic E-state index is 13.3. The number of carbonyl (C=O) groups is 1. The van der Waals surface area contributed by atoms with Crippen LogP contribution in [0.5, 0.6) is 0 Å². The summed E-state index contributed by atoms with van der Waals surface area (Å²) in [5.41, 5.74) is 7.77. The summed E-state index contributed by atoms with van der Waals surface area (Å²) in [5.74, 6) is 0.0435. The van der Waals surface area contributed by atoms with Gasteiger partial charge in [0.1, 0.15) is 6.61 Å². The minimum atomic E-state index is -0.282. The van der Waals surface area contributed by atoms with Gasteiger partial charge in [-0.3, -0.25) is 4.90 Å². The smallest absolute Gasteiger partial charge is 0.410 e. The van der Waals surface area contributed by atoms with Crippen LogP contribution in [-0.4, -0.2) is 42.9 Å². The van der Waals surface area contributed by atoms with E-state index in [-0.39, 0.29) is 24.1 Å². The molecule has 2 bridgehead atoms. The Morgan fingerprint density at radius 3 is 2.29 bits per heavy atom. The van der Waals surface area contributed by atoms with E-state index < -0.39 is 0 Å². The minimum absolute atomic E-state index is 0.0435. The third-order valence-electron chi connectivity index (χ3n) is 7.13. The topological polar surface area (TPSA) is 62.6 Å². The quantitative estimate of drug-likeness (QED) is 0.541. The molecule has 0 spiro atoms. The molecule has 0 radical (unpaired) electrons. The van der Waals surface area contributed by atoms with Crippen LogP contribution in [-0.2, 0) is 9.47 Å². The molecule has 1 amide bonds. The second-order valence-corrected chi connectivity index (χ2v) is 9.06. The number of hydrogen-bond donors (Lipinski definition) is 0. The Bertz CT molecular complexity index is 1280. The Morgan fingerprint density at radius 2 is 1.65 bits per heavy atom. The van der Waals surface area contributed by atoms with Crippen molar-refractivity contribution < 1.29 is 14.3 Å². The normalized spacial score (nSPS) is 20.7. The number of benzene rings is 3. The molecule has 1 aliphatic carbocycles. The highest BCUT2D eigenvalue weighted by molar-refractivity contribution is 5.79. The Hall–Kier alpha value is -3.88. The van der Waals surface area contributed by atoms with Gasteiger partial charge in [0.15, 0.2) is 0 Å². The molecule has 0 N–H and O–H groups in total. The molecule has 2 aliphatic heterocycles. The SMILES string of the molecule is N#Cc1ccc(C2=CC3COCC(C2)N3C(=O)OCC2c3ccccc3-c3ccccc32)cc1. The maximum Gasteiger partial charge on any atom is 0.410 e. The predicted molar refractivity (Wildman–Crippen MR) is 129 cm³/mol. The second-order valence-electron chi connectivity index (χ2n) is 9.06. The van der Waals surface area contributed by atoms with Crippen molar-refractivity contribution in [2.45, 2.75) is 24.4 Å². The summed E-state index contributed by atoms with van der Waals surface area (Å²) in [6, 6.07) is 26.3. The molecule has 0 aromatic heterocycles. The van der Waals surface area contributed by atoms with Gasteiger partial charge in [-0.25, -0.2) is 4.79 Å². The van der Waals surface area contributed by atoms with Crippen molar-refractivity contribution >= 4 is 11.7 Å². The van der Waals surface area contributed by atoms with Crippen LogP contribution in [0.1, 0.15) is 34.6 Å². The van der Waals surface area contributed by atoms with E-state index in [0.29, 0.717) is 31.8 Å². The van der Waals surface area contributed by atoms with Crippen molar-refractivity contribution in [2.24, 2.45) is 0 Å². The molecule has 168 valence electrons. The number of nitriles is 1. The fraction of sp³-hybridized carbons (Fsp3) is 0.241. The molecule has 3 aromatic rings. The highest BCUT2D eigenvalue weighted by Crippen LogP contribution is 2.44. The lowest BCUT2D eigenvalue weighted by atomic mass is 9.90. The monoisotopic (exact) mass is 448 g/mol. The molecular formula is C29H24N2O3. The van der Waals surface area contributed by atoms with E-state index >= 15 is 0 Å². The molecule has 5 heteroatoms. The zero-order chi connectivity index (χ0) is 23.1. The van der Waals surface area contributed by atoms with Gasteiger partial charge in [0.25, 0.3) is 0 Å². The first kappa shape index (κ1) is 20.7. The van der Waals surface area contributed by atoms with Crippen molar-refractivity contribution in [3.8, 4) is 17.2 Å². The highest BCUT2D eigenvalue weighted by Gasteiger charge is 2.39. The number of morpholine rings is 1. The first-order valence-electron chi connectivity index (χ1n) is 11.6. The van der Waals surface area contributed by atoms with Crippen molar-refractivity contribution in [1.29, 1.82) is 5.26 Å².